The largest absolute Gasteiger partial charge is 0.411 e. The van der Waals surface area contributed by atoms with E-state index in [2.05, 4.69) is 47.5 Å². The van der Waals surface area contributed by atoms with Gasteiger partial charge < -0.3 is 58.1 Å². The van der Waals surface area contributed by atoms with Crippen molar-refractivity contribution in [2.24, 2.45) is 22.0 Å². The number of unbranched alkanes of at least 4 members (excludes halogenated alkanes) is 2. The fourth-order valence-electron chi connectivity index (χ4n) is 5.31. The second-order valence-corrected chi connectivity index (χ2v) is 15.8. The first-order chi connectivity index (χ1) is 27.3. The first-order valence-electron chi connectivity index (χ1n) is 20.4. The number of rotatable bonds is 33. The normalized spacial score (nSPS) is 13.4. The highest BCUT2D eigenvalue weighted by Crippen LogP contribution is 2.10. The number of amides is 6. The monoisotopic (exact) mass is 827 g/mol. The highest BCUT2D eigenvalue weighted by molar-refractivity contribution is 5.91. The molecular formula is C39H74N10O9. The molecule has 0 fully saturated rings. The van der Waals surface area contributed by atoms with Crippen LogP contribution >= 0.6 is 0 Å². The molecule has 0 saturated carbocycles. The first kappa shape index (κ1) is 53.6. The average Bonchev–Trinajstić information content (AvgIpc) is 3.17. The second-order valence-electron chi connectivity index (χ2n) is 15.8. The van der Waals surface area contributed by atoms with E-state index in [9.17, 15) is 39.2 Å². The highest BCUT2D eigenvalue weighted by atomic mass is 16.5. The van der Waals surface area contributed by atoms with Crippen molar-refractivity contribution in [3.8, 4) is 0 Å². The molecule has 0 aliphatic carbocycles. The number of hydrogen-bond donors (Lipinski definition) is 10. The molecule has 0 heterocycles. The molecule has 0 aliphatic heterocycles. The molecule has 0 radical (unpaired) electrons. The summed E-state index contributed by atoms with van der Waals surface area (Å²) in [5, 5.41) is 45.9. The number of nitrogens with one attached hydrogen (secondary N) is 7. The third kappa shape index (κ3) is 25.1. The van der Waals surface area contributed by atoms with Crippen LogP contribution in [0.3, 0.4) is 0 Å². The minimum Gasteiger partial charge on any atom is -0.411 e. The average molecular weight is 827 g/mol. The summed E-state index contributed by atoms with van der Waals surface area (Å²) in [6.07, 6.45) is 4.47. The number of methoxy groups -OCH3 is 1. The third-order valence-corrected chi connectivity index (χ3v) is 10.0. The van der Waals surface area contributed by atoms with Crippen LogP contribution in [0.1, 0.15) is 126 Å². The highest BCUT2D eigenvalue weighted by Gasteiger charge is 2.27. The van der Waals surface area contributed by atoms with Gasteiger partial charge in [0.2, 0.25) is 35.4 Å². The Kier molecular flexibility index (Phi) is 27.6. The van der Waals surface area contributed by atoms with E-state index in [4.69, 9.17) is 10.5 Å². The topological polar surface area (TPSA) is 287 Å². The number of carbonyl (C=O) groups is 6. The van der Waals surface area contributed by atoms with Gasteiger partial charge in [0.1, 0.15) is 6.04 Å². The van der Waals surface area contributed by atoms with E-state index in [0.717, 1.165) is 0 Å². The number of nitrogens with two attached hydrogens (primary N) is 1. The van der Waals surface area contributed by atoms with Crippen molar-refractivity contribution >= 4 is 46.9 Å². The van der Waals surface area contributed by atoms with Gasteiger partial charge in [0.25, 0.3) is 0 Å². The second kappa shape index (κ2) is 29.8. The minimum absolute atomic E-state index is 0.00220. The van der Waals surface area contributed by atoms with Crippen molar-refractivity contribution in [2.75, 3.05) is 46.4 Å². The van der Waals surface area contributed by atoms with Crippen LogP contribution in [0.5, 0.6) is 0 Å². The lowest BCUT2D eigenvalue weighted by Gasteiger charge is -2.32. The maximum absolute atomic E-state index is 13.2. The quantitative estimate of drug-likeness (QED) is 0.0194. The van der Waals surface area contributed by atoms with Crippen LogP contribution in [0.15, 0.2) is 10.3 Å². The van der Waals surface area contributed by atoms with Gasteiger partial charge in [-0.2, -0.15) is 0 Å². The maximum atomic E-state index is 13.2. The lowest BCUT2D eigenvalue weighted by Crippen LogP contribution is -2.57. The molecule has 19 nitrogen and oxygen atoms in total. The Morgan fingerprint density at radius 3 is 1.57 bits per heavy atom. The molecule has 0 aromatic heterocycles. The summed E-state index contributed by atoms with van der Waals surface area (Å²) in [5.41, 5.74) is 4.91. The molecule has 0 bridgehead atoms. The van der Waals surface area contributed by atoms with Gasteiger partial charge >= 0.3 is 0 Å². The zero-order valence-electron chi connectivity index (χ0n) is 36.2. The van der Waals surface area contributed by atoms with E-state index in [-0.39, 0.29) is 73.5 Å². The number of primary amides is 1. The molecule has 0 saturated heterocycles. The van der Waals surface area contributed by atoms with Crippen molar-refractivity contribution < 1.29 is 43.9 Å². The fourth-order valence-corrected chi connectivity index (χ4v) is 5.31. The van der Waals surface area contributed by atoms with Gasteiger partial charge in [-0.25, -0.2) is 0 Å². The van der Waals surface area contributed by atoms with Crippen molar-refractivity contribution in [3.05, 3.63) is 0 Å². The Hall–Kier alpha value is -4.36. The van der Waals surface area contributed by atoms with Crippen molar-refractivity contribution in [3.63, 3.8) is 0 Å². The van der Waals surface area contributed by atoms with Crippen molar-refractivity contribution in [1.82, 2.24) is 37.2 Å². The van der Waals surface area contributed by atoms with Crippen LogP contribution in [0.25, 0.3) is 0 Å². The van der Waals surface area contributed by atoms with E-state index in [1.54, 1.807) is 27.9 Å². The summed E-state index contributed by atoms with van der Waals surface area (Å²) in [5.74, 6) is -1.97. The summed E-state index contributed by atoms with van der Waals surface area (Å²) in [7, 11) is 1.55. The van der Waals surface area contributed by atoms with Crippen LogP contribution < -0.4 is 43.0 Å². The Bertz CT molecular complexity index is 1310. The molecule has 0 rings (SSSR count). The molecule has 0 aromatic rings. The lowest BCUT2D eigenvalue weighted by atomic mass is 9.98. The van der Waals surface area contributed by atoms with Gasteiger partial charge in [-0.3, -0.25) is 28.8 Å². The predicted octanol–water partition coefficient (Wildman–Crippen LogP) is 1.19. The van der Waals surface area contributed by atoms with E-state index in [0.29, 0.717) is 95.7 Å². The smallest absolute Gasteiger partial charge is 0.242 e. The molecule has 11 N–H and O–H groups in total. The van der Waals surface area contributed by atoms with E-state index in [1.165, 1.54) is 0 Å². The van der Waals surface area contributed by atoms with Crippen LogP contribution in [0.2, 0.25) is 0 Å². The van der Waals surface area contributed by atoms with Gasteiger partial charge in [-0.1, -0.05) is 23.7 Å². The van der Waals surface area contributed by atoms with E-state index < -0.39 is 23.2 Å². The van der Waals surface area contributed by atoms with Crippen LogP contribution in [-0.2, 0) is 33.5 Å². The Morgan fingerprint density at radius 2 is 1.09 bits per heavy atom. The Balaban J connectivity index is 5.21. The summed E-state index contributed by atoms with van der Waals surface area (Å²) in [4.78, 5) is 74.6. The van der Waals surface area contributed by atoms with Gasteiger partial charge in [0.05, 0.1) is 35.1 Å². The van der Waals surface area contributed by atoms with Gasteiger partial charge in [-0.05, 0) is 86.5 Å². The number of ether oxygens (including phenoxy) is 1. The summed E-state index contributed by atoms with van der Waals surface area (Å²) in [6, 6.07) is -1.25. The predicted molar refractivity (Wildman–Crippen MR) is 222 cm³/mol. The van der Waals surface area contributed by atoms with Crippen LogP contribution in [0, 0.1) is 5.92 Å². The van der Waals surface area contributed by atoms with Gasteiger partial charge in [0, 0.05) is 71.4 Å². The molecule has 0 aliphatic rings. The molecule has 334 valence electrons. The lowest BCUT2D eigenvalue weighted by molar-refractivity contribution is -0.129. The first-order valence-corrected chi connectivity index (χ1v) is 20.4. The molecule has 58 heavy (non-hydrogen) atoms. The standard InChI is InChI=1S/C39H74N10O9/c1-27(36(40)54)15-9-11-22-43-37(55)31(16-10-12-21-41-32(50)17-13-18-33(51)42-23-24-58-8)47-35(53)20-14-19-34(52)46-30(25-44-38(4,5)28(2)48-56)26-45-39(6,7)29(3)49-57/h27,30-31,44-45,56-57H,9-26H2,1-8H3,(H2,40,54)(H,41,50)(H,42,51)(H,43,55)(H,46,52)(H,47,53)/b48-28+,49-29+/t27-,31-/m0/s1. The van der Waals surface area contributed by atoms with E-state index in [1.807, 2.05) is 27.7 Å². The summed E-state index contributed by atoms with van der Waals surface area (Å²) < 4.78 is 4.90. The zero-order chi connectivity index (χ0) is 44.1. The SMILES string of the molecule is COCCNC(=O)CCCC(=O)NCCCC[C@H](NC(=O)CCCC(=O)NC(CNC(C)(C)/C(C)=N/O)CNC(C)(C)/C(C)=N/O)C(=O)NCCCC[C@H](C)C(N)=O. The number of carbonyl (C=O) groups excluding carboxylic acids is 6. The molecule has 19 heteroatoms. The molecule has 0 aromatic carbocycles. The van der Waals surface area contributed by atoms with Crippen molar-refractivity contribution in [2.45, 2.75) is 149 Å². The molecular weight excluding hydrogens is 752 g/mol. The number of nitrogens with zero attached hydrogens (tertiary/aromatic N) is 2. The fraction of sp³-hybridized carbons (Fsp3) is 0.795. The maximum Gasteiger partial charge on any atom is 0.242 e. The van der Waals surface area contributed by atoms with Crippen LogP contribution in [0.4, 0.5) is 0 Å². The Labute approximate surface area is 344 Å². The number of oxime groups is 2. The summed E-state index contributed by atoms with van der Waals surface area (Å²) >= 11 is 0. The molecule has 0 spiro atoms. The van der Waals surface area contributed by atoms with E-state index >= 15 is 0 Å². The third-order valence-electron chi connectivity index (χ3n) is 10.0. The summed E-state index contributed by atoms with van der Waals surface area (Å²) in [6.45, 7) is 14.7. The number of hydrogen-bond acceptors (Lipinski definition) is 13. The zero-order valence-corrected chi connectivity index (χ0v) is 36.2. The van der Waals surface area contributed by atoms with Gasteiger partial charge in [0.15, 0.2) is 0 Å². The molecule has 2 atom stereocenters. The molecule has 6 amide bonds. The Morgan fingerprint density at radius 1 is 0.638 bits per heavy atom. The minimum atomic E-state index is -0.830. The van der Waals surface area contributed by atoms with Gasteiger partial charge in [-0.15, -0.1) is 0 Å². The van der Waals surface area contributed by atoms with Crippen LogP contribution in [-0.4, -0.2) is 127 Å². The van der Waals surface area contributed by atoms with Crippen molar-refractivity contribution in [1.29, 1.82) is 0 Å². The molecule has 0 unspecified atom stereocenters.